The zero-order valence-electron chi connectivity index (χ0n) is 38.1. The Hall–Kier alpha value is -5.12. The number of methoxy groups -OCH3 is 1. The van der Waals surface area contributed by atoms with Crippen molar-refractivity contribution in [3.8, 4) is 23.0 Å². The van der Waals surface area contributed by atoms with Gasteiger partial charge in [0.05, 0.1) is 53.0 Å². The lowest BCUT2D eigenvalue weighted by Gasteiger charge is -2.38. The van der Waals surface area contributed by atoms with Crippen LogP contribution in [0, 0.1) is 30.6 Å². The number of nitrogens with zero attached hydrogens (tertiary/aromatic N) is 2. The molecule has 0 spiro atoms. The van der Waals surface area contributed by atoms with Crippen LogP contribution in [0.5, 0.6) is 23.0 Å². The smallest absolute Gasteiger partial charge is 0.312 e. The van der Waals surface area contributed by atoms with E-state index in [0.29, 0.717) is 13.1 Å². The van der Waals surface area contributed by atoms with Crippen LogP contribution in [0.2, 0.25) is 0 Å². The molecule has 15 nitrogen and oxygen atoms in total. The van der Waals surface area contributed by atoms with Gasteiger partial charge in [0.25, 0.3) is 11.7 Å². The van der Waals surface area contributed by atoms with E-state index in [1.165, 1.54) is 65.4 Å². The largest absolute Gasteiger partial charge is 0.507 e. The molecule has 6 N–H and O–H groups in total. The average molecular weight is 878 g/mol. The molecule has 0 radical (unpaired) electrons. The molecule has 346 valence electrons. The molecular weight excluding hydrogens is 811 g/mol. The van der Waals surface area contributed by atoms with Crippen molar-refractivity contribution in [3.05, 3.63) is 52.8 Å². The molecule has 1 saturated heterocycles. The maximum Gasteiger partial charge on any atom is 0.312 e. The van der Waals surface area contributed by atoms with Gasteiger partial charge in [-0.25, -0.2) is 0 Å². The number of fused-ring (bicyclic) bond motifs is 14. The maximum atomic E-state index is 14.6. The molecule has 9 atom stereocenters. The molecule has 6 rings (SSSR count). The summed E-state index contributed by atoms with van der Waals surface area (Å²) < 4.78 is 23.7. The number of allylic oxidation sites excluding steroid dienone is 2. The molecule has 5 bridgehead atoms. The number of anilines is 1. The van der Waals surface area contributed by atoms with Crippen molar-refractivity contribution >= 4 is 40.3 Å². The van der Waals surface area contributed by atoms with Crippen LogP contribution in [0.4, 0.5) is 5.69 Å². The Morgan fingerprint density at radius 3 is 2.10 bits per heavy atom. The SMILES string of the molecule is COC1/C=C/OC2(C)Oc3c(C)c(O)c4c(O)c(c(/C=N/N5CCCCCCCCCC5)c(O)c4c3C2=O)NC(=O)/C(C)=C/C=C/C(C)C(O)C(C)C(O)C(C)C(OC(C)=O)C1C. The number of aliphatic hydroxyl groups excluding tert-OH is 2. The fraction of sp³-hybridized carbons (Fsp3) is 0.583. The molecule has 15 heteroatoms. The van der Waals surface area contributed by atoms with Crippen molar-refractivity contribution in [2.24, 2.45) is 28.8 Å². The molecule has 2 aromatic rings. The van der Waals surface area contributed by atoms with E-state index in [2.05, 4.69) is 5.32 Å². The molecule has 0 saturated carbocycles. The van der Waals surface area contributed by atoms with Crippen LogP contribution in [0.25, 0.3) is 10.8 Å². The minimum atomic E-state index is -2.04. The number of nitrogens with one attached hydrogen (secondary N) is 1. The van der Waals surface area contributed by atoms with E-state index < -0.39 is 88.8 Å². The monoisotopic (exact) mass is 877 g/mol. The number of carbonyl (C=O) groups is 3. The third-order valence-electron chi connectivity index (χ3n) is 13.0. The molecule has 63 heavy (non-hydrogen) atoms. The number of carbonyl (C=O) groups excluding carboxylic acids is 3. The number of amides is 1. The van der Waals surface area contributed by atoms with E-state index in [-0.39, 0.29) is 44.5 Å². The van der Waals surface area contributed by atoms with Crippen LogP contribution >= 0.6 is 0 Å². The summed E-state index contributed by atoms with van der Waals surface area (Å²) in [6.07, 6.45) is 13.5. The summed E-state index contributed by atoms with van der Waals surface area (Å²) in [5.41, 5.74) is -0.263. The van der Waals surface area contributed by atoms with E-state index in [1.54, 1.807) is 46.8 Å². The van der Waals surface area contributed by atoms with Crippen LogP contribution in [-0.4, -0.2) is 105 Å². The van der Waals surface area contributed by atoms with Crippen LogP contribution < -0.4 is 10.1 Å². The Balaban J connectivity index is 1.70. The predicted octanol–water partition coefficient (Wildman–Crippen LogP) is 7.52. The number of hydrazone groups is 1. The molecule has 4 heterocycles. The van der Waals surface area contributed by atoms with Gasteiger partial charge in [0.15, 0.2) is 5.75 Å². The second kappa shape index (κ2) is 21.0. The summed E-state index contributed by atoms with van der Waals surface area (Å²) in [7, 11) is 1.45. The number of hydrogen-bond donors (Lipinski definition) is 6. The first-order chi connectivity index (χ1) is 29.8. The fourth-order valence-electron chi connectivity index (χ4n) is 8.89. The topological polar surface area (TPSA) is 217 Å². The van der Waals surface area contributed by atoms with E-state index in [9.17, 15) is 39.9 Å². The van der Waals surface area contributed by atoms with Gasteiger partial charge in [-0.3, -0.25) is 19.4 Å². The lowest BCUT2D eigenvalue weighted by Crippen LogP contribution is -2.46. The zero-order chi connectivity index (χ0) is 46.3. The predicted molar refractivity (Wildman–Crippen MR) is 240 cm³/mol. The number of aliphatic hydroxyl groups is 2. The summed E-state index contributed by atoms with van der Waals surface area (Å²) in [6.45, 7) is 13.9. The molecular formula is C48H67N3O12. The van der Waals surface area contributed by atoms with Crippen molar-refractivity contribution in [2.75, 3.05) is 25.5 Å². The normalized spacial score (nSPS) is 31.4. The highest BCUT2D eigenvalue weighted by molar-refractivity contribution is 6.23. The number of phenolic OH excluding ortho intramolecular Hbond substituents is 3. The Morgan fingerprint density at radius 2 is 1.49 bits per heavy atom. The lowest BCUT2D eigenvalue weighted by atomic mass is 9.78. The van der Waals surface area contributed by atoms with Gasteiger partial charge in [0.1, 0.15) is 23.4 Å². The van der Waals surface area contributed by atoms with Gasteiger partial charge >= 0.3 is 11.8 Å². The van der Waals surface area contributed by atoms with Gasteiger partial charge in [-0.15, -0.1) is 0 Å². The van der Waals surface area contributed by atoms with Crippen LogP contribution in [0.3, 0.4) is 0 Å². The van der Waals surface area contributed by atoms with Gasteiger partial charge in [-0.1, -0.05) is 84.4 Å². The molecule has 2 aromatic carbocycles. The molecule has 1 fully saturated rings. The number of benzene rings is 2. The second-order valence-corrected chi connectivity index (χ2v) is 17.6. The van der Waals surface area contributed by atoms with Gasteiger partial charge in [-0.05, 0) is 32.8 Å². The number of esters is 1. The van der Waals surface area contributed by atoms with Crippen molar-refractivity contribution in [1.82, 2.24) is 5.01 Å². The highest BCUT2D eigenvalue weighted by atomic mass is 16.7. The second-order valence-electron chi connectivity index (χ2n) is 17.6. The standard InChI is InChI=1S/C48H67N3O12/c1-26-19-18-20-27(2)47(59)50-38-33(25-49-51-22-16-14-12-10-11-13-15-17-23-51)42(56)35-36(43(38)57)41(55)31(6)45-37(35)46(58)48(8,63-45)61-24-21-34(60-9)28(3)44(62-32(7)52)30(5)40(54)29(4)39(26)53/h18-21,24-26,28-30,34,39-40,44,53-57H,10-17,22-23H2,1-9H3,(H,50,59)/b19-18+,24-21+,27-20+,49-25+. The molecule has 0 aromatic heterocycles. The van der Waals surface area contributed by atoms with Crippen LogP contribution in [-0.2, 0) is 23.8 Å². The first kappa shape index (κ1) is 48.9. The molecule has 1 amide bonds. The van der Waals surface area contributed by atoms with E-state index in [0.717, 1.165) is 38.5 Å². The number of ether oxygens (including phenoxy) is 4. The number of rotatable bonds is 4. The van der Waals surface area contributed by atoms with Gasteiger partial charge in [0, 0.05) is 74.2 Å². The summed E-state index contributed by atoms with van der Waals surface area (Å²) in [5.74, 6) is -8.24. The molecule has 0 aliphatic carbocycles. The number of aromatic hydroxyl groups is 3. The van der Waals surface area contributed by atoms with Gasteiger partial charge < -0.3 is 49.8 Å². The van der Waals surface area contributed by atoms with Gasteiger partial charge in [-0.2, -0.15) is 5.10 Å². The minimum absolute atomic E-state index is 0.0662. The first-order valence-corrected chi connectivity index (χ1v) is 22.2. The number of phenols is 3. The van der Waals surface area contributed by atoms with Crippen molar-refractivity contribution in [3.63, 3.8) is 0 Å². The van der Waals surface area contributed by atoms with E-state index in [4.69, 9.17) is 24.0 Å². The molecule has 4 aliphatic rings. The van der Waals surface area contributed by atoms with E-state index >= 15 is 0 Å². The van der Waals surface area contributed by atoms with Crippen LogP contribution in [0.1, 0.15) is 121 Å². The van der Waals surface area contributed by atoms with Crippen molar-refractivity contribution in [1.29, 1.82) is 0 Å². The average Bonchev–Trinajstić information content (AvgIpc) is 3.48. The van der Waals surface area contributed by atoms with E-state index in [1.807, 2.05) is 5.01 Å². The quantitative estimate of drug-likeness (QED) is 0.0759. The minimum Gasteiger partial charge on any atom is -0.507 e. The third-order valence-corrected chi connectivity index (χ3v) is 13.0. The first-order valence-electron chi connectivity index (χ1n) is 22.2. The highest BCUT2D eigenvalue weighted by Crippen LogP contribution is 2.55. The van der Waals surface area contributed by atoms with Crippen LogP contribution in [0.15, 0.2) is 41.2 Å². The Labute approximate surface area is 370 Å². The summed E-state index contributed by atoms with van der Waals surface area (Å²) in [6, 6.07) is 0. The molecule has 4 aliphatic heterocycles. The molecule has 9 unspecified atom stereocenters. The fourth-order valence-corrected chi connectivity index (χ4v) is 8.89. The Morgan fingerprint density at radius 1 is 0.873 bits per heavy atom. The third kappa shape index (κ3) is 10.6. The number of ketones is 1. The number of hydrogen-bond acceptors (Lipinski definition) is 14. The Kier molecular flexibility index (Phi) is 16.3. The maximum absolute atomic E-state index is 14.6. The Bertz CT molecular complexity index is 2120. The summed E-state index contributed by atoms with van der Waals surface area (Å²) in [4.78, 5) is 40.8. The highest BCUT2D eigenvalue weighted by Gasteiger charge is 2.50. The van der Waals surface area contributed by atoms with Crippen molar-refractivity contribution < 1.29 is 58.9 Å². The zero-order valence-corrected chi connectivity index (χ0v) is 38.1. The summed E-state index contributed by atoms with van der Waals surface area (Å²) in [5, 5.41) is 67.8. The summed E-state index contributed by atoms with van der Waals surface area (Å²) >= 11 is 0. The lowest BCUT2D eigenvalue weighted by molar-refractivity contribution is -0.160. The van der Waals surface area contributed by atoms with Crippen molar-refractivity contribution in [2.45, 2.75) is 137 Å². The number of Topliss-reactive ketones (excluding diaryl/α,β-unsaturated/α-hetero) is 1. The van der Waals surface area contributed by atoms with Gasteiger partial charge in [0.2, 0.25) is 0 Å².